The molecule has 1 nitrogen and oxygen atoms in total. The first-order chi connectivity index (χ1) is 14.5. The van der Waals surface area contributed by atoms with Crippen molar-refractivity contribution in [2.45, 2.75) is 38.5 Å². The molecule has 1 fully saturated rings. The van der Waals surface area contributed by atoms with Gasteiger partial charge in [-0.05, 0) is 59.6 Å². The Kier molecular flexibility index (Phi) is 5.85. The fourth-order valence-electron chi connectivity index (χ4n) is 4.35. The molecular formula is C26H25F3O. The quantitative estimate of drug-likeness (QED) is 0.427. The lowest BCUT2D eigenvalue weighted by Crippen LogP contribution is -2.11. The number of methoxy groups -OCH3 is 1. The third-order valence-electron chi connectivity index (χ3n) is 6.25. The highest BCUT2D eigenvalue weighted by Crippen LogP contribution is 2.37. The predicted octanol–water partition coefficient (Wildman–Crippen LogP) is 7.74. The van der Waals surface area contributed by atoms with Crippen LogP contribution < -0.4 is 4.74 Å². The van der Waals surface area contributed by atoms with Crippen molar-refractivity contribution in [2.75, 3.05) is 7.11 Å². The van der Waals surface area contributed by atoms with Crippen LogP contribution in [-0.2, 0) is 0 Å². The van der Waals surface area contributed by atoms with Gasteiger partial charge in [0.25, 0.3) is 0 Å². The number of rotatable bonds is 4. The van der Waals surface area contributed by atoms with Crippen LogP contribution >= 0.6 is 0 Å². The summed E-state index contributed by atoms with van der Waals surface area (Å²) >= 11 is 0. The van der Waals surface area contributed by atoms with Crippen LogP contribution in [0.1, 0.15) is 44.1 Å². The maximum atomic E-state index is 14.9. The summed E-state index contributed by atoms with van der Waals surface area (Å²) in [6.07, 6.45) is 4.60. The smallest absolute Gasteiger partial charge is 0.201 e. The van der Waals surface area contributed by atoms with E-state index in [-0.39, 0.29) is 17.1 Å². The summed E-state index contributed by atoms with van der Waals surface area (Å²) in [6, 6.07) is 15.2. The number of hydrogen-bond acceptors (Lipinski definition) is 1. The highest BCUT2D eigenvalue weighted by Gasteiger charge is 2.21. The van der Waals surface area contributed by atoms with Gasteiger partial charge in [0, 0.05) is 11.1 Å². The van der Waals surface area contributed by atoms with Gasteiger partial charge in [-0.25, -0.2) is 8.78 Å². The second-order valence-electron chi connectivity index (χ2n) is 8.22. The van der Waals surface area contributed by atoms with Gasteiger partial charge in [-0.15, -0.1) is 0 Å². The van der Waals surface area contributed by atoms with Gasteiger partial charge in [0.15, 0.2) is 11.6 Å². The van der Waals surface area contributed by atoms with E-state index in [0.717, 1.165) is 24.3 Å². The number of hydrogen-bond donors (Lipinski definition) is 0. The standard InChI is InChI=1S/C26H25F3O/c1-16-3-5-17(6-4-16)20-11-12-21(23(27)15-20)18-7-9-19(10-8-18)22-13-14-24(30-2)26(29)25(22)28/h7-17H,3-6H2,1-2H3. The van der Waals surface area contributed by atoms with E-state index in [9.17, 15) is 13.2 Å². The Balaban J connectivity index is 1.58. The number of ether oxygens (including phenoxy) is 1. The van der Waals surface area contributed by atoms with E-state index in [1.165, 1.54) is 32.1 Å². The molecule has 1 aliphatic rings. The molecule has 3 aromatic rings. The first kappa shape index (κ1) is 20.5. The van der Waals surface area contributed by atoms with Crippen LogP contribution in [0.4, 0.5) is 13.2 Å². The second-order valence-corrected chi connectivity index (χ2v) is 8.22. The van der Waals surface area contributed by atoms with E-state index in [2.05, 4.69) is 6.92 Å². The molecule has 0 bridgehead atoms. The van der Waals surface area contributed by atoms with E-state index < -0.39 is 11.6 Å². The van der Waals surface area contributed by atoms with Gasteiger partial charge in [0.1, 0.15) is 5.82 Å². The minimum atomic E-state index is -1.02. The summed E-state index contributed by atoms with van der Waals surface area (Å²) in [6.45, 7) is 2.27. The molecule has 1 saturated carbocycles. The van der Waals surface area contributed by atoms with Gasteiger partial charge in [0.05, 0.1) is 7.11 Å². The Morgan fingerprint density at radius 1 is 0.733 bits per heavy atom. The minimum absolute atomic E-state index is 0.137. The zero-order valence-corrected chi connectivity index (χ0v) is 17.2. The molecule has 0 spiro atoms. The van der Waals surface area contributed by atoms with Crippen molar-refractivity contribution in [3.05, 3.63) is 77.6 Å². The second kappa shape index (κ2) is 8.55. The van der Waals surface area contributed by atoms with Gasteiger partial charge in [0.2, 0.25) is 5.82 Å². The van der Waals surface area contributed by atoms with Gasteiger partial charge < -0.3 is 4.74 Å². The highest BCUT2D eigenvalue weighted by atomic mass is 19.2. The molecule has 3 aromatic carbocycles. The summed E-state index contributed by atoms with van der Waals surface area (Å²) in [5.41, 5.74) is 2.94. The lowest BCUT2D eigenvalue weighted by molar-refractivity contribution is 0.347. The summed E-state index contributed by atoms with van der Waals surface area (Å²) in [4.78, 5) is 0. The average molecular weight is 410 g/mol. The predicted molar refractivity (Wildman–Crippen MR) is 114 cm³/mol. The van der Waals surface area contributed by atoms with Crippen molar-refractivity contribution in [3.63, 3.8) is 0 Å². The van der Waals surface area contributed by atoms with E-state index in [4.69, 9.17) is 4.74 Å². The average Bonchev–Trinajstić information content (AvgIpc) is 2.76. The summed E-state index contributed by atoms with van der Waals surface area (Å²) in [5, 5.41) is 0. The molecule has 0 radical (unpaired) electrons. The van der Waals surface area contributed by atoms with Crippen molar-refractivity contribution in [1.82, 2.24) is 0 Å². The van der Waals surface area contributed by atoms with Crippen LogP contribution in [0.2, 0.25) is 0 Å². The summed E-state index contributed by atoms with van der Waals surface area (Å²) < 4.78 is 48.0. The van der Waals surface area contributed by atoms with E-state index >= 15 is 0 Å². The SMILES string of the molecule is COc1ccc(-c2ccc(-c3ccc(C4CCC(C)CC4)cc3F)cc2)c(F)c1F. The van der Waals surface area contributed by atoms with Gasteiger partial charge in [-0.1, -0.05) is 56.2 Å². The molecule has 30 heavy (non-hydrogen) atoms. The Bertz CT molecular complexity index is 1030. The largest absolute Gasteiger partial charge is 0.494 e. The molecule has 0 N–H and O–H groups in total. The van der Waals surface area contributed by atoms with E-state index in [0.29, 0.717) is 22.6 Å². The molecule has 0 aliphatic heterocycles. The Labute approximate surface area is 175 Å². The van der Waals surface area contributed by atoms with Crippen molar-refractivity contribution >= 4 is 0 Å². The first-order valence-corrected chi connectivity index (χ1v) is 10.4. The van der Waals surface area contributed by atoms with Crippen LogP contribution in [0.15, 0.2) is 54.6 Å². The van der Waals surface area contributed by atoms with Crippen molar-refractivity contribution in [2.24, 2.45) is 5.92 Å². The van der Waals surface area contributed by atoms with Gasteiger partial charge in [-0.3, -0.25) is 0 Å². The van der Waals surface area contributed by atoms with Gasteiger partial charge in [-0.2, -0.15) is 4.39 Å². The van der Waals surface area contributed by atoms with Crippen LogP contribution in [0.5, 0.6) is 5.75 Å². The van der Waals surface area contributed by atoms with Gasteiger partial charge >= 0.3 is 0 Å². The Morgan fingerprint density at radius 2 is 1.33 bits per heavy atom. The summed E-state index contributed by atoms with van der Waals surface area (Å²) in [5.74, 6) is -1.17. The molecule has 1 aliphatic carbocycles. The minimum Gasteiger partial charge on any atom is -0.494 e. The zero-order chi connectivity index (χ0) is 21.3. The lowest BCUT2D eigenvalue weighted by Gasteiger charge is -2.26. The topological polar surface area (TPSA) is 9.23 Å². The molecule has 0 unspecified atom stereocenters. The van der Waals surface area contributed by atoms with Crippen LogP contribution in [0.25, 0.3) is 22.3 Å². The zero-order valence-electron chi connectivity index (χ0n) is 17.2. The Hall–Kier alpha value is -2.75. The maximum Gasteiger partial charge on any atom is 0.201 e. The molecule has 0 saturated heterocycles. The fraction of sp³-hybridized carbons (Fsp3) is 0.308. The number of halogens is 3. The monoisotopic (exact) mass is 410 g/mol. The normalized spacial score (nSPS) is 19.0. The third-order valence-corrected chi connectivity index (χ3v) is 6.25. The molecule has 156 valence electrons. The molecule has 4 rings (SSSR count). The van der Waals surface area contributed by atoms with Crippen molar-refractivity contribution in [1.29, 1.82) is 0 Å². The number of benzene rings is 3. The lowest BCUT2D eigenvalue weighted by atomic mass is 9.79. The van der Waals surface area contributed by atoms with Crippen molar-refractivity contribution < 1.29 is 17.9 Å². The highest BCUT2D eigenvalue weighted by molar-refractivity contribution is 5.71. The first-order valence-electron chi connectivity index (χ1n) is 10.4. The maximum absolute atomic E-state index is 14.9. The molecule has 0 atom stereocenters. The molecule has 0 aromatic heterocycles. The summed E-state index contributed by atoms with van der Waals surface area (Å²) in [7, 11) is 1.29. The van der Waals surface area contributed by atoms with E-state index in [1.54, 1.807) is 30.3 Å². The molecule has 0 amide bonds. The Morgan fingerprint density at radius 3 is 1.93 bits per heavy atom. The van der Waals surface area contributed by atoms with Crippen LogP contribution in [0, 0.1) is 23.4 Å². The molecular weight excluding hydrogens is 385 g/mol. The third kappa shape index (κ3) is 3.96. The van der Waals surface area contributed by atoms with Crippen molar-refractivity contribution in [3.8, 4) is 28.0 Å². The fourth-order valence-corrected chi connectivity index (χ4v) is 4.35. The molecule has 4 heteroatoms. The van der Waals surface area contributed by atoms with Crippen LogP contribution in [0.3, 0.4) is 0 Å². The van der Waals surface area contributed by atoms with Crippen LogP contribution in [-0.4, -0.2) is 7.11 Å². The molecule has 0 heterocycles. The van der Waals surface area contributed by atoms with E-state index in [1.807, 2.05) is 12.1 Å².